The molecule has 0 fully saturated rings. The van der Waals surface area contributed by atoms with Crippen molar-refractivity contribution in [3.05, 3.63) is 77.0 Å². The molecule has 7 heteroatoms. The van der Waals surface area contributed by atoms with Crippen LogP contribution in [0.1, 0.15) is 33.3 Å². The molecular weight excluding hydrogens is 370 g/mol. The van der Waals surface area contributed by atoms with Crippen molar-refractivity contribution in [1.82, 2.24) is 15.6 Å². The largest absolute Gasteiger partial charge is 0.444 e. The van der Waals surface area contributed by atoms with Gasteiger partial charge in [-0.05, 0) is 32.0 Å². The number of hydrogen-bond acceptors (Lipinski definition) is 5. The van der Waals surface area contributed by atoms with E-state index >= 15 is 0 Å². The van der Waals surface area contributed by atoms with E-state index in [0.29, 0.717) is 27.7 Å². The summed E-state index contributed by atoms with van der Waals surface area (Å²) in [5.74, 6) is -1.41. The number of fused-ring (bicyclic) bond motifs is 1. The quantitative estimate of drug-likeness (QED) is 0.666. The molecule has 0 aliphatic heterocycles. The number of hydrogen-bond donors (Lipinski definition) is 2. The molecule has 1 atom stereocenters. The lowest BCUT2D eigenvalue weighted by Crippen LogP contribution is -2.41. The predicted molar refractivity (Wildman–Crippen MR) is 108 cm³/mol. The second-order valence-electron chi connectivity index (χ2n) is 6.60. The number of benzene rings is 2. The molecule has 3 rings (SSSR count). The summed E-state index contributed by atoms with van der Waals surface area (Å²) in [6.45, 7) is 3.70. The number of nitrogens with zero attached hydrogens (tertiary/aromatic N) is 1. The number of carbonyl (C=O) groups is 3. The Kier molecular flexibility index (Phi) is 5.87. The average Bonchev–Trinajstić information content (AvgIpc) is 2.71. The van der Waals surface area contributed by atoms with Gasteiger partial charge in [0, 0.05) is 23.7 Å². The van der Waals surface area contributed by atoms with Gasteiger partial charge >= 0.3 is 12.0 Å². The molecule has 1 heterocycles. The van der Waals surface area contributed by atoms with Crippen molar-refractivity contribution in [2.75, 3.05) is 7.05 Å². The highest BCUT2D eigenvalue weighted by atomic mass is 16.5. The Hall–Kier alpha value is -3.74. The third-order valence-electron chi connectivity index (χ3n) is 4.34. The lowest BCUT2D eigenvalue weighted by Gasteiger charge is -2.18. The van der Waals surface area contributed by atoms with E-state index < -0.39 is 24.0 Å². The minimum absolute atomic E-state index is 0.310. The Morgan fingerprint density at radius 2 is 1.72 bits per heavy atom. The van der Waals surface area contributed by atoms with Gasteiger partial charge < -0.3 is 10.1 Å². The topological polar surface area (TPSA) is 97.4 Å². The number of urea groups is 1. The van der Waals surface area contributed by atoms with Gasteiger partial charge in [-0.3, -0.25) is 15.1 Å². The third kappa shape index (κ3) is 4.57. The summed E-state index contributed by atoms with van der Waals surface area (Å²) in [5.41, 5.74) is 3.04. The van der Waals surface area contributed by atoms with Crippen LogP contribution in [0.2, 0.25) is 0 Å². The standard InChI is InChI=1S/C22H21N3O4/c1-13-9-10-18-16(11-13)17(12-14(2)24-18)21(27)29-19(15-7-5-4-6-8-15)20(26)25-22(28)23-3/h4-12,19H,1-3H3,(H2,23,25,26,28). The molecule has 3 aromatic rings. The molecule has 0 aliphatic carbocycles. The predicted octanol–water partition coefficient (Wildman–Crippen LogP) is 3.21. The molecule has 1 unspecified atom stereocenters. The number of ether oxygens (including phenoxy) is 1. The molecule has 148 valence electrons. The van der Waals surface area contributed by atoms with Gasteiger partial charge in [0.05, 0.1) is 11.1 Å². The molecule has 2 N–H and O–H groups in total. The van der Waals surface area contributed by atoms with Crippen molar-refractivity contribution in [3.8, 4) is 0 Å². The normalized spacial score (nSPS) is 11.6. The van der Waals surface area contributed by atoms with Gasteiger partial charge in [-0.1, -0.05) is 42.0 Å². The molecule has 7 nitrogen and oxygen atoms in total. The minimum atomic E-state index is -1.28. The highest BCUT2D eigenvalue weighted by Crippen LogP contribution is 2.24. The SMILES string of the molecule is CNC(=O)NC(=O)C(OC(=O)c1cc(C)nc2ccc(C)cc12)c1ccccc1. The van der Waals surface area contributed by atoms with Gasteiger partial charge in [-0.25, -0.2) is 9.59 Å². The molecule has 0 aliphatic rings. The van der Waals surface area contributed by atoms with Crippen LogP contribution in [0.3, 0.4) is 0 Å². The first-order valence-corrected chi connectivity index (χ1v) is 9.05. The summed E-state index contributed by atoms with van der Waals surface area (Å²) in [7, 11) is 1.39. The molecule has 29 heavy (non-hydrogen) atoms. The number of rotatable bonds is 4. The van der Waals surface area contributed by atoms with Gasteiger partial charge in [0.15, 0.2) is 0 Å². The Balaban J connectivity index is 1.99. The van der Waals surface area contributed by atoms with Crippen molar-refractivity contribution in [2.24, 2.45) is 0 Å². The van der Waals surface area contributed by atoms with E-state index in [0.717, 1.165) is 5.56 Å². The van der Waals surface area contributed by atoms with Crippen LogP contribution in [0.25, 0.3) is 10.9 Å². The average molecular weight is 391 g/mol. The molecule has 1 aromatic heterocycles. The first-order chi connectivity index (χ1) is 13.9. The molecular formula is C22H21N3O4. The van der Waals surface area contributed by atoms with Crippen LogP contribution in [0.5, 0.6) is 0 Å². The van der Waals surface area contributed by atoms with Crippen LogP contribution in [0.4, 0.5) is 4.79 Å². The van der Waals surface area contributed by atoms with E-state index in [1.807, 2.05) is 25.1 Å². The summed E-state index contributed by atoms with van der Waals surface area (Å²) < 4.78 is 5.57. The first-order valence-electron chi connectivity index (χ1n) is 9.05. The molecule has 0 radical (unpaired) electrons. The van der Waals surface area contributed by atoms with Crippen molar-refractivity contribution >= 4 is 28.8 Å². The van der Waals surface area contributed by atoms with E-state index in [2.05, 4.69) is 15.6 Å². The zero-order valence-electron chi connectivity index (χ0n) is 16.4. The number of imide groups is 1. The summed E-state index contributed by atoms with van der Waals surface area (Å²) in [6.07, 6.45) is -1.28. The second kappa shape index (κ2) is 8.52. The summed E-state index contributed by atoms with van der Waals surface area (Å²) in [4.78, 5) is 41.7. The van der Waals surface area contributed by atoms with E-state index in [-0.39, 0.29) is 0 Å². The van der Waals surface area contributed by atoms with E-state index in [1.165, 1.54) is 7.05 Å². The van der Waals surface area contributed by atoms with Crippen LogP contribution in [-0.2, 0) is 9.53 Å². The number of aromatic nitrogens is 1. The number of pyridine rings is 1. The first kappa shape index (κ1) is 20.0. The van der Waals surface area contributed by atoms with E-state index in [1.54, 1.807) is 43.3 Å². The maximum Gasteiger partial charge on any atom is 0.340 e. The van der Waals surface area contributed by atoms with Crippen molar-refractivity contribution in [3.63, 3.8) is 0 Å². The highest BCUT2D eigenvalue weighted by molar-refractivity contribution is 6.05. The zero-order valence-corrected chi connectivity index (χ0v) is 16.4. The van der Waals surface area contributed by atoms with Gasteiger partial charge in [0.25, 0.3) is 5.91 Å². The van der Waals surface area contributed by atoms with Crippen LogP contribution in [0, 0.1) is 13.8 Å². The van der Waals surface area contributed by atoms with E-state index in [9.17, 15) is 14.4 Å². The van der Waals surface area contributed by atoms with Crippen LogP contribution in [-0.4, -0.2) is 29.9 Å². The summed E-state index contributed by atoms with van der Waals surface area (Å²) in [6, 6.07) is 15.1. The lowest BCUT2D eigenvalue weighted by atomic mass is 10.0. The fourth-order valence-electron chi connectivity index (χ4n) is 2.95. The Bertz CT molecular complexity index is 1080. The molecule has 0 saturated heterocycles. The van der Waals surface area contributed by atoms with Crippen molar-refractivity contribution in [1.29, 1.82) is 0 Å². The minimum Gasteiger partial charge on any atom is -0.444 e. The fourth-order valence-corrected chi connectivity index (χ4v) is 2.95. The molecule has 2 aromatic carbocycles. The maximum absolute atomic E-state index is 13.0. The molecule has 0 bridgehead atoms. The smallest absolute Gasteiger partial charge is 0.340 e. The van der Waals surface area contributed by atoms with Crippen molar-refractivity contribution < 1.29 is 19.1 Å². The Morgan fingerprint density at radius 1 is 1.00 bits per heavy atom. The molecule has 0 saturated carbocycles. The number of aryl methyl sites for hydroxylation is 2. The zero-order chi connectivity index (χ0) is 21.0. The Labute approximate surface area is 168 Å². The van der Waals surface area contributed by atoms with Gasteiger partial charge in [0.1, 0.15) is 0 Å². The van der Waals surface area contributed by atoms with Gasteiger partial charge in [0.2, 0.25) is 6.10 Å². The molecule has 3 amide bonds. The highest BCUT2D eigenvalue weighted by Gasteiger charge is 2.27. The van der Waals surface area contributed by atoms with Crippen LogP contribution in [0.15, 0.2) is 54.6 Å². The number of amides is 3. The third-order valence-corrected chi connectivity index (χ3v) is 4.34. The fraction of sp³-hybridized carbons (Fsp3) is 0.182. The van der Waals surface area contributed by atoms with Crippen molar-refractivity contribution in [2.45, 2.75) is 20.0 Å². The lowest BCUT2D eigenvalue weighted by molar-refractivity contribution is -0.129. The summed E-state index contributed by atoms with van der Waals surface area (Å²) in [5, 5.41) is 5.11. The monoisotopic (exact) mass is 391 g/mol. The number of carbonyl (C=O) groups excluding carboxylic acids is 3. The van der Waals surface area contributed by atoms with Crippen LogP contribution < -0.4 is 10.6 Å². The number of esters is 1. The Morgan fingerprint density at radius 3 is 2.41 bits per heavy atom. The summed E-state index contributed by atoms with van der Waals surface area (Å²) >= 11 is 0. The maximum atomic E-state index is 13.0. The van der Waals surface area contributed by atoms with E-state index in [4.69, 9.17) is 4.74 Å². The van der Waals surface area contributed by atoms with Gasteiger partial charge in [-0.15, -0.1) is 0 Å². The van der Waals surface area contributed by atoms with Crippen LogP contribution >= 0.6 is 0 Å². The number of nitrogens with one attached hydrogen (secondary N) is 2. The van der Waals surface area contributed by atoms with Gasteiger partial charge in [-0.2, -0.15) is 0 Å². The second-order valence-corrected chi connectivity index (χ2v) is 6.60. The molecule has 0 spiro atoms.